The molecular formula is C10H20. The molecule has 10 heavy (non-hydrogen) atoms. The molecule has 0 bridgehead atoms. The average Bonchev–Trinajstić information content (AvgIpc) is 1.91. The molecule has 0 spiro atoms. The zero-order valence-electron chi connectivity index (χ0n) is 7.72. The van der Waals surface area contributed by atoms with Gasteiger partial charge < -0.3 is 0 Å². The Bertz CT molecular complexity index is 58.1. The summed E-state index contributed by atoms with van der Waals surface area (Å²) in [6.45, 7) is 14.5. The molecular weight excluding hydrogens is 120 g/mol. The van der Waals surface area contributed by atoms with Crippen LogP contribution in [0.25, 0.3) is 0 Å². The summed E-state index contributed by atoms with van der Waals surface area (Å²) in [5.41, 5.74) is 0. The first-order valence-corrected chi connectivity index (χ1v) is 3.46. The third-order valence-electron chi connectivity index (χ3n) is 0.333. The van der Waals surface area contributed by atoms with Gasteiger partial charge in [0.2, 0.25) is 0 Å². The summed E-state index contributed by atoms with van der Waals surface area (Å²) in [5.74, 6) is 0. The van der Waals surface area contributed by atoms with Gasteiger partial charge in [0.1, 0.15) is 0 Å². The highest BCUT2D eigenvalue weighted by Crippen LogP contribution is 1.57. The summed E-state index contributed by atoms with van der Waals surface area (Å²) < 4.78 is 0. The Kier molecular flexibility index (Phi) is 66.5. The van der Waals surface area contributed by atoms with Crippen molar-refractivity contribution >= 4 is 0 Å². The second-order valence-electron chi connectivity index (χ2n) is 1.48. The molecule has 60 valence electrons. The van der Waals surface area contributed by atoms with Crippen molar-refractivity contribution in [2.75, 3.05) is 0 Å². The van der Waals surface area contributed by atoms with Gasteiger partial charge in [-0.1, -0.05) is 24.3 Å². The molecule has 0 aromatic carbocycles. The van der Waals surface area contributed by atoms with E-state index in [9.17, 15) is 0 Å². The lowest BCUT2D eigenvalue weighted by Crippen LogP contribution is -1.26. The van der Waals surface area contributed by atoms with E-state index in [1.54, 1.807) is 12.2 Å². The monoisotopic (exact) mass is 140 g/mol. The van der Waals surface area contributed by atoms with Crippen LogP contribution in [0.3, 0.4) is 0 Å². The number of allylic oxidation sites excluding steroid dienone is 4. The maximum atomic E-state index is 3.36. The van der Waals surface area contributed by atoms with Gasteiger partial charge in [-0.3, -0.25) is 0 Å². The van der Waals surface area contributed by atoms with E-state index in [1.165, 1.54) is 0 Å². The van der Waals surface area contributed by atoms with Crippen LogP contribution in [0.1, 0.15) is 27.7 Å². The van der Waals surface area contributed by atoms with Crippen LogP contribution in [-0.4, -0.2) is 0 Å². The molecule has 0 rings (SSSR count). The highest BCUT2D eigenvalue weighted by atomic mass is 13.4. The summed E-state index contributed by atoms with van der Waals surface area (Å²) in [7, 11) is 0. The van der Waals surface area contributed by atoms with Crippen molar-refractivity contribution in [2.45, 2.75) is 27.7 Å². The van der Waals surface area contributed by atoms with E-state index in [0.29, 0.717) is 0 Å². The van der Waals surface area contributed by atoms with Crippen LogP contribution in [0, 0.1) is 0 Å². The summed E-state index contributed by atoms with van der Waals surface area (Å²) in [5, 5.41) is 0. The van der Waals surface area contributed by atoms with Crippen LogP contribution >= 0.6 is 0 Å². The van der Waals surface area contributed by atoms with Gasteiger partial charge in [0.05, 0.1) is 0 Å². The van der Waals surface area contributed by atoms with Crippen molar-refractivity contribution in [1.29, 1.82) is 0 Å². The van der Waals surface area contributed by atoms with Gasteiger partial charge in [-0.15, -0.1) is 13.2 Å². The molecule has 0 nitrogen and oxygen atoms in total. The number of hydrogen-bond donors (Lipinski definition) is 0. The maximum absolute atomic E-state index is 3.36. The minimum atomic E-state index is 1.75. The van der Waals surface area contributed by atoms with E-state index < -0.39 is 0 Å². The topological polar surface area (TPSA) is 0 Å². The second-order valence-corrected chi connectivity index (χ2v) is 1.48. The van der Waals surface area contributed by atoms with Crippen molar-refractivity contribution in [1.82, 2.24) is 0 Å². The molecule has 0 saturated carbocycles. The molecule has 0 heteroatoms. The maximum Gasteiger partial charge on any atom is -0.0470 e. The molecule has 0 atom stereocenters. The lowest BCUT2D eigenvalue weighted by molar-refractivity contribution is 1.64. The van der Waals surface area contributed by atoms with Crippen LogP contribution in [0.5, 0.6) is 0 Å². The highest BCUT2D eigenvalue weighted by Gasteiger charge is 1.34. The Morgan fingerprint density at radius 2 is 0.800 bits per heavy atom. The standard InChI is InChI=1S/C4H8.2C3H6/c1-3-4-2;2*1-3-2/h3-4H,1-2H3;2*3H,1H2,2H3/b4-3-;;. The largest absolute Gasteiger partial charge is 0.103 e. The molecule has 0 aliphatic rings. The predicted molar refractivity (Wildman–Crippen MR) is 52.2 cm³/mol. The lowest BCUT2D eigenvalue weighted by Gasteiger charge is -1.49. The summed E-state index contributed by atoms with van der Waals surface area (Å²) in [4.78, 5) is 0. The van der Waals surface area contributed by atoms with Gasteiger partial charge in [-0.2, -0.15) is 0 Å². The van der Waals surface area contributed by atoms with E-state index in [0.717, 1.165) is 0 Å². The smallest absolute Gasteiger partial charge is 0.0470 e. The molecule has 0 unspecified atom stereocenters. The SMILES string of the molecule is C/C=C\C.C=CC.C=CC. The van der Waals surface area contributed by atoms with E-state index in [1.807, 2.05) is 39.8 Å². The molecule has 0 saturated heterocycles. The van der Waals surface area contributed by atoms with Crippen LogP contribution in [0.15, 0.2) is 37.5 Å². The van der Waals surface area contributed by atoms with Gasteiger partial charge in [-0.25, -0.2) is 0 Å². The van der Waals surface area contributed by atoms with Crippen LogP contribution in [-0.2, 0) is 0 Å². The highest BCUT2D eigenvalue weighted by molar-refractivity contribution is 4.68. The average molecular weight is 140 g/mol. The molecule has 0 amide bonds. The van der Waals surface area contributed by atoms with Crippen molar-refractivity contribution in [3.63, 3.8) is 0 Å². The van der Waals surface area contributed by atoms with Crippen LogP contribution in [0.2, 0.25) is 0 Å². The molecule has 0 aromatic heterocycles. The van der Waals surface area contributed by atoms with Crippen molar-refractivity contribution < 1.29 is 0 Å². The Labute approximate surface area is 66.0 Å². The molecule has 0 aliphatic carbocycles. The Balaban J connectivity index is -0.0000000750. The second kappa shape index (κ2) is 41.3. The summed E-state index contributed by atoms with van der Waals surface area (Å²) in [6.07, 6.45) is 7.50. The fraction of sp³-hybridized carbons (Fsp3) is 0.400. The van der Waals surface area contributed by atoms with E-state index in [4.69, 9.17) is 0 Å². The quantitative estimate of drug-likeness (QED) is 0.447. The first kappa shape index (κ1) is 16.1. The fourth-order valence-corrected chi connectivity index (χ4v) is 0. The predicted octanol–water partition coefficient (Wildman–Crippen LogP) is 3.97. The Morgan fingerprint density at radius 3 is 0.800 bits per heavy atom. The number of hydrogen-bond acceptors (Lipinski definition) is 0. The van der Waals surface area contributed by atoms with Crippen LogP contribution in [0.4, 0.5) is 0 Å². The molecule has 0 radical (unpaired) electrons. The minimum absolute atomic E-state index is 1.75. The Hall–Kier alpha value is -0.780. The van der Waals surface area contributed by atoms with Gasteiger partial charge >= 0.3 is 0 Å². The van der Waals surface area contributed by atoms with Crippen molar-refractivity contribution in [2.24, 2.45) is 0 Å². The molecule has 0 fully saturated rings. The van der Waals surface area contributed by atoms with Gasteiger partial charge in [-0.05, 0) is 27.7 Å². The molecule has 0 heterocycles. The summed E-state index contributed by atoms with van der Waals surface area (Å²) in [6, 6.07) is 0. The third kappa shape index (κ3) is 5770. The fourth-order valence-electron chi connectivity index (χ4n) is 0. The van der Waals surface area contributed by atoms with Crippen LogP contribution < -0.4 is 0 Å². The van der Waals surface area contributed by atoms with Crippen molar-refractivity contribution in [3.8, 4) is 0 Å². The lowest BCUT2D eigenvalue weighted by atomic mass is 10.6. The van der Waals surface area contributed by atoms with E-state index >= 15 is 0 Å². The molecule has 0 aromatic rings. The van der Waals surface area contributed by atoms with Gasteiger partial charge in [0.15, 0.2) is 0 Å². The first-order chi connectivity index (χ1) is 4.74. The zero-order chi connectivity index (χ0) is 8.83. The van der Waals surface area contributed by atoms with Crippen molar-refractivity contribution in [3.05, 3.63) is 37.5 Å². The molecule has 0 N–H and O–H groups in total. The van der Waals surface area contributed by atoms with E-state index in [-0.39, 0.29) is 0 Å². The third-order valence-corrected chi connectivity index (χ3v) is 0.333. The van der Waals surface area contributed by atoms with Gasteiger partial charge in [0, 0.05) is 0 Å². The normalized spacial score (nSPS) is 6.40. The number of rotatable bonds is 0. The first-order valence-electron chi connectivity index (χ1n) is 3.46. The minimum Gasteiger partial charge on any atom is -0.103 e. The molecule has 0 aliphatic heterocycles. The summed E-state index contributed by atoms with van der Waals surface area (Å²) >= 11 is 0. The van der Waals surface area contributed by atoms with Gasteiger partial charge in [0.25, 0.3) is 0 Å². The Morgan fingerprint density at radius 1 is 0.700 bits per heavy atom. The van der Waals surface area contributed by atoms with E-state index in [2.05, 4.69) is 13.2 Å². The zero-order valence-corrected chi connectivity index (χ0v) is 7.72.